The van der Waals surface area contributed by atoms with Gasteiger partial charge in [0.1, 0.15) is 0 Å². The number of rotatable bonds is 3. The Morgan fingerprint density at radius 1 is 1.05 bits per heavy atom. The number of hydrogen-bond donors (Lipinski definition) is 1. The molecule has 3 rings (SSSR count). The first-order valence-corrected chi connectivity index (χ1v) is 7.18. The molecule has 106 valence electrons. The lowest BCUT2D eigenvalue weighted by Gasteiger charge is -2.35. The van der Waals surface area contributed by atoms with Crippen molar-refractivity contribution < 1.29 is 14.7 Å². The van der Waals surface area contributed by atoms with E-state index < -0.39 is 11.9 Å². The number of piperazine rings is 1. The third-order valence-corrected chi connectivity index (χ3v) is 5.05. The maximum absolute atomic E-state index is 12.4. The van der Waals surface area contributed by atoms with E-state index in [1.165, 1.54) is 12.8 Å². The molecule has 0 bridgehead atoms. The van der Waals surface area contributed by atoms with Crippen LogP contribution in [-0.4, -0.2) is 59.0 Å². The van der Waals surface area contributed by atoms with Crippen LogP contribution in [0.1, 0.15) is 26.7 Å². The summed E-state index contributed by atoms with van der Waals surface area (Å²) in [6.45, 7) is 7.18. The summed E-state index contributed by atoms with van der Waals surface area (Å²) in [5, 5.41) is 9.15. The maximum atomic E-state index is 12.4. The smallest absolute Gasteiger partial charge is 0.307 e. The number of nitrogens with zero attached hydrogens (tertiary/aromatic N) is 2. The quantitative estimate of drug-likeness (QED) is 0.815. The Balaban J connectivity index is 1.58. The van der Waals surface area contributed by atoms with E-state index in [1.807, 2.05) is 18.7 Å². The van der Waals surface area contributed by atoms with E-state index in [0.717, 1.165) is 32.2 Å². The van der Waals surface area contributed by atoms with Crippen LogP contribution < -0.4 is 0 Å². The molecule has 2 atom stereocenters. The van der Waals surface area contributed by atoms with Gasteiger partial charge in [0.15, 0.2) is 0 Å². The van der Waals surface area contributed by atoms with Gasteiger partial charge in [0.2, 0.25) is 5.91 Å². The number of carbonyl (C=O) groups is 2. The Hall–Kier alpha value is -1.10. The van der Waals surface area contributed by atoms with Crippen molar-refractivity contribution in [2.75, 3.05) is 26.2 Å². The van der Waals surface area contributed by atoms with Crippen molar-refractivity contribution in [3.63, 3.8) is 0 Å². The zero-order valence-electron chi connectivity index (χ0n) is 11.6. The number of amides is 1. The summed E-state index contributed by atoms with van der Waals surface area (Å²) in [5.41, 5.74) is -0.378. The molecule has 5 heteroatoms. The first kappa shape index (κ1) is 12.9. The van der Waals surface area contributed by atoms with Crippen LogP contribution in [0.5, 0.6) is 0 Å². The lowest BCUT2D eigenvalue weighted by atomic mass is 10.1. The normalized spacial score (nSPS) is 34.1. The van der Waals surface area contributed by atoms with Crippen LogP contribution in [0.25, 0.3) is 0 Å². The Morgan fingerprint density at radius 3 is 2.05 bits per heavy atom. The summed E-state index contributed by atoms with van der Waals surface area (Å²) < 4.78 is 0. The van der Waals surface area contributed by atoms with Gasteiger partial charge in [-0.05, 0) is 18.3 Å². The van der Waals surface area contributed by atoms with Gasteiger partial charge >= 0.3 is 5.97 Å². The zero-order chi connectivity index (χ0) is 13.8. The molecule has 3 fully saturated rings. The molecule has 1 amide bonds. The van der Waals surface area contributed by atoms with Crippen molar-refractivity contribution in [1.82, 2.24) is 9.80 Å². The molecular weight excluding hydrogens is 244 g/mol. The van der Waals surface area contributed by atoms with Crippen LogP contribution in [0, 0.1) is 17.3 Å². The molecule has 1 saturated heterocycles. The summed E-state index contributed by atoms with van der Waals surface area (Å²) in [7, 11) is 0. The van der Waals surface area contributed by atoms with Crippen LogP contribution in [0.4, 0.5) is 0 Å². The molecule has 1 heterocycles. The van der Waals surface area contributed by atoms with Gasteiger partial charge in [-0.15, -0.1) is 0 Å². The largest absolute Gasteiger partial charge is 0.481 e. The second-order valence-electron chi connectivity index (χ2n) is 6.71. The van der Waals surface area contributed by atoms with Gasteiger partial charge in [0.05, 0.1) is 11.8 Å². The number of hydrogen-bond acceptors (Lipinski definition) is 3. The van der Waals surface area contributed by atoms with Crippen molar-refractivity contribution >= 4 is 11.9 Å². The summed E-state index contributed by atoms with van der Waals surface area (Å²) in [6.07, 6.45) is 2.59. The average Bonchev–Trinajstić information content (AvgIpc) is 3.24. The molecule has 0 radical (unpaired) electrons. The molecule has 2 aliphatic carbocycles. The van der Waals surface area contributed by atoms with E-state index in [-0.39, 0.29) is 17.2 Å². The topological polar surface area (TPSA) is 60.9 Å². The van der Waals surface area contributed by atoms with Gasteiger partial charge in [0, 0.05) is 32.2 Å². The molecule has 0 aromatic rings. The Bertz CT molecular complexity index is 409. The van der Waals surface area contributed by atoms with E-state index in [1.54, 1.807) is 0 Å². The molecule has 0 spiro atoms. The maximum Gasteiger partial charge on any atom is 0.307 e. The second kappa shape index (κ2) is 4.20. The molecule has 0 aromatic carbocycles. The van der Waals surface area contributed by atoms with Crippen molar-refractivity contribution in [1.29, 1.82) is 0 Å². The first-order chi connectivity index (χ1) is 8.93. The molecule has 19 heavy (non-hydrogen) atoms. The van der Waals surface area contributed by atoms with Gasteiger partial charge in [0.25, 0.3) is 0 Å². The highest BCUT2D eigenvalue weighted by Crippen LogP contribution is 2.59. The van der Waals surface area contributed by atoms with Gasteiger partial charge in [-0.3, -0.25) is 14.5 Å². The van der Waals surface area contributed by atoms with E-state index in [4.69, 9.17) is 5.11 Å². The standard InChI is InChI=1S/C14H22N2O3/c1-14(2)10(11(14)13(18)19)12(17)16-7-5-15(6-8-16)9-3-4-9/h9-11H,3-8H2,1-2H3,(H,18,19). The molecule has 1 aliphatic heterocycles. The molecule has 2 unspecified atom stereocenters. The van der Waals surface area contributed by atoms with E-state index in [0.29, 0.717) is 0 Å². The third kappa shape index (κ3) is 2.14. The summed E-state index contributed by atoms with van der Waals surface area (Å²) in [6, 6.07) is 0.751. The fraction of sp³-hybridized carbons (Fsp3) is 0.857. The Kier molecular flexibility index (Phi) is 2.85. The Labute approximate surface area is 113 Å². The van der Waals surface area contributed by atoms with Gasteiger partial charge in [-0.2, -0.15) is 0 Å². The summed E-state index contributed by atoms with van der Waals surface area (Å²) >= 11 is 0. The van der Waals surface area contributed by atoms with Crippen LogP contribution >= 0.6 is 0 Å². The zero-order valence-corrected chi connectivity index (χ0v) is 11.6. The molecule has 3 aliphatic rings. The van der Waals surface area contributed by atoms with Crippen molar-refractivity contribution in [2.45, 2.75) is 32.7 Å². The van der Waals surface area contributed by atoms with E-state index in [9.17, 15) is 9.59 Å². The number of carbonyl (C=O) groups excluding carboxylic acids is 1. The number of carboxylic acids is 1. The highest BCUT2D eigenvalue weighted by Gasteiger charge is 2.66. The second-order valence-corrected chi connectivity index (χ2v) is 6.71. The third-order valence-electron chi connectivity index (χ3n) is 5.05. The lowest BCUT2D eigenvalue weighted by molar-refractivity contribution is -0.142. The van der Waals surface area contributed by atoms with Crippen LogP contribution in [0.15, 0.2) is 0 Å². The van der Waals surface area contributed by atoms with Gasteiger partial charge < -0.3 is 10.0 Å². The number of carboxylic acid groups (broad SMARTS) is 1. The van der Waals surface area contributed by atoms with Crippen molar-refractivity contribution in [3.05, 3.63) is 0 Å². The fourth-order valence-corrected chi connectivity index (χ4v) is 3.50. The van der Waals surface area contributed by atoms with Crippen LogP contribution in [-0.2, 0) is 9.59 Å². The molecule has 5 nitrogen and oxygen atoms in total. The minimum atomic E-state index is -0.833. The van der Waals surface area contributed by atoms with Gasteiger partial charge in [-0.1, -0.05) is 13.8 Å². The van der Waals surface area contributed by atoms with E-state index >= 15 is 0 Å². The van der Waals surface area contributed by atoms with Gasteiger partial charge in [-0.25, -0.2) is 0 Å². The minimum Gasteiger partial charge on any atom is -0.481 e. The van der Waals surface area contributed by atoms with Crippen LogP contribution in [0.2, 0.25) is 0 Å². The molecule has 2 saturated carbocycles. The SMILES string of the molecule is CC1(C)C(C(=O)O)C1C(=O)N1CCN(C2CC2)CC1. The minimum absolute atomic E-state index is 0.0489. The predicted molar refractivity (Wildman–Crippen MR) is 69.6 cm³/mol. The monoisotopic (exact) mass is 266 g/mol. The lowest BCUT2D eigenvalue weighted by Crippen LogP contribution is -2.50. The van der Waals surface area contributed by atoms with E-state index in [2.05, 4.69) is 4.90 Å². The average molecular weight is 266 g/mol. The summed E-state index contributed by atoms with van der Waals surface area (Å²) in [4.78, 5) is 27.9. The highest BCUT2D eigenvalue weighted by molar-refractivity contribution is 5.91. The highest BCUT2D eigenvalue weighted by atomic mass is 16.4. The summed E-state index contributed by atoms with van der Waals surface area (Å²) in [5.74, 6) is -1.60. The first-order valence-electron chi connectivity index (χ1n) is 7.18. The predicted octanol–water partition coefficient (Wildman–Crippen LogP) is 0.650. The Morgan fingerprint density at radius 2 is 1.63 bits per heavy atom. The fourth-order valence-electron chi connectivity index (χ4n) is 3.50. The van der Waals surface area contributed by atoms with Crippen molar-refractivity contribution in [2.24, 2.45) is 17.3 Å². The molecule has 0 aromatic heterocycles. The van der Waals surface area contributed by atoms with Crippen LogP contribution in [0.3, 0.4) is 0 Å². The number of aliphatic carboxylic acids is 1. The van der Waals surface area contributed by atoms with Crippen molar-refractivity contribution in [3.8, 4) is 0 Å². The molecular formula is C14H22N2O3. The molecule has 1 N–H and O–H groups in total.